The van der Waals surface area contributed by atoms with Crippen molar-refractivity contribution < 1.29 is 22.7 Å². The zero-order chi connectivity index (χ0) is 21.7. The third-order valence-corrected chi connectivity index (χ3v) is 4.40. The first-order valence-corrected chi connectivity index (χ1v) is 9.17. The molecule has 0 aliphatic heterocycles. The van der Waals surface area contributed by atoms with Gasteiger partial charge in [0.25, 0.3) is 0 Å². The van der Waals surface area contributed by atoms with Crippen LogP contribution in [0.3, 0.4) is 0 Å². The van der Waals surface area contributed by atoms with E-state index >= 15 is 0 Å². The van der Waals surface area contributed by atoms with Gasteiger partial charge in [-0.3, -0.25) is 14.5 Å². The Morgan fingerprint density at radius 3 is 2.47 bits per heavy atom. The van der Waals surface area contributed by atoms with Crippen LogP contribution in [0.15, 0.2) is 48.5 Å². The number of carbonyl (C=O) groups is 1. The van der Waals surface area contributed by atoms with E-state index in [0.29, 0.717) is 17.1 Å². The zero-order valence-electron chi connectivity index (χ0n) is 15.8. The number of methoxy groups -OCH3 is 1. The average molecular weight is 437 g/mol. The number of anilines is 2. The number of H-pyrrole nitrogens is 1. The van der Waals surface area contributed by atoms with Gasteiger partial charge in [0.1, 0.15) is 18.8 Å². The second kappa shape index (κ2) is 8.99. The summed E-state index contributed by atoms with van der Waals surface area (Å²) in [4.78, 5) is 12.6. The van der Waals surface area contributed by atoms with E-state index < -0.39 is 18.6 Å². The number of amides is 1. The third kappa shape index (κ3) is 5.38. The molecule has 0 spiro atoms. The predicted octanol–water partition coefficient (Wildman–Crippen LogP) is 4.23. The van der Waals surface area contributed by atoms with E-state index in [-0.39, 0.29) is 22.7 Å². The van der Waals surface area contributed by atoms with Gasteiger partial charge in [-0.15, -0.1) is 0 Å². The number of hydrogen-bond acceptors (Lipinski definition) is 5. The molecule has 0 aliphatic rings. The second-order valence-electron chi connectivity index (χ2n) is 6.23. The summed E-state index contributed by atoms with van der Waals surface area (Å²) in [6.45, 7) is -1.39. The molecule has 1 heterocycles. The molecule has 2 aromatic carbocycles. The van der Waals surface area contributed by atoms with Crippen molar-refractivity contribution in [2.45, 2.75) is 12.7 Å². The van der Waals surface area contributed by atoms with Crippen molar-refractivity contribution in [1.82, 2.24) is 14.8 Å². The number of nitrogens with one attached hydrogen (secondary N) is 3. The summed E-state index contributed by atoms with van der Waals surface area (Å²) in [5.41, 5.74) is 1.10. The van der Waals surface area contributed by atoms with Crippen LogP contribution in [0.25, 0.3) is 11.4 Å². The van der Waals surface area contributed by atoms with Crippen molar-refractivity contribution in [3.05, 3.63) is 53.3 Å². The minimum Gasteiger partial charge on any atom is -0.497 e. The molecule has 11 heteroatoms. The lowest BCUT2D eigenvalue weighted by Gasteiger charge is -2.15. The second-order valence-corrected chi connectivity index (χ2v) is 6.62. The van der Waals surface area contributed by atoms with E-state index in [9.17, 15) is 18.0 Å². The first-order valence-electron chi connectivity index (χ1n) is 8.76. The number of nitrogens with zero attached hydrogens (tertiary/aromatic N) is 2. The molecule has 7 nitrogen and oxygen atoms in total. The van der Waals surface area contributed by atoms with Crippen molar-refractivity contribution in [3.8, 4) is 17.1 Å². The van der Waals surface area contributed by atoms with Crippen LogP contribution in [-0.2, 0) is 11.3 Å². The molecule has 0 fully saturated rings. The van der Waals surface area contributed by atoms with Crippen LogP contribution >= 0.6 is 12.2 Å². The SMILES string of the molecule is COc1ccc(-c2n[nH]c(=S)n2CC(=O)Nc2ccccc2NCC(F)(F)F)cc1. The number of benzene rings is 2. The Bertz CT molecular complexity index is 1080. The smallest absolute Gasteiger partial charge is 0.405 e. The number of alkyl halides is 3. The number of hydrogen-bond donors (Lipinski definition) is 3. The van der Waals surface area contributed by atoms with Gasteiger partial charge < -0.3 is 15.4 Å². The Balaban J connectivity index is 1.76. The molecule has 0 unspecified atom stereocenters. The summed E-state index contributed by atoms with van der Waals surface area (Å²) in [5.74, 6) is 0.643. The fraction of sp³-hybridized carbons (Fsp3) is 0.211. The lowest BCUT2D eigenvalue weighted by molar-refractivity contribution is -0.116. The van der Waals surface area contributed by atoms with Crippen LogP contribution in [-0.4, -0.2) is 40.5 Å². The molecule has 3 N–H and O–H groups in total. The number of para-hydroxylation sites is 2. The quantitative estimate of drug-likeness (QED) is 0.482. The highest BCUT2D eigenvalue weighted by atomic mass is 32.1. The molecule has 0 atom stereocenters. The highest BCUT2D eigenvalue weighted by molar-refractivity contribution is 7.71. The molecule has 3 rings (SSSR count). The fourth-order valence-corrected chi connectivity index (χ4v) is 2.90. The van der Waals surface area contributed by atoms with Gasteiger partial charge in [-0.2, -0.15) is 18.3 Å². The third-order valence-electron chi connectivity index (χ3n) is 4.09. The highest BCUT2D eigenvalue weighted by Crippen LogP contribution is 2.24. The van der Waals surface area contributed by atoms with Gasteiger partial charge in [0.2, 0.25) is 5.91 Å². The molecular formula is C19H18F3N5O2S. The molecule has 30 heavy (non-hydrogen) atoms. The monoisotopic (exact) mass is 437 g/mol. The maximum Gasteiger partial charge on any atom is 0.405 e. The van der Waals surface area contributed by atoms with E-state index in [0.717, 1.165) is 0 Å². The fourth-order valence-electron chi connectivity index (χ4n) is 2.70. The molecule has 0 aliphatic carbocycles. The van der Waals surface area contributed by atoms with Gasteiger partial charge in [-0.05, 0) is 48.6 Å². The van der Waals surface area contributed by atoms with Crippen molar-refractivity contribution >= 4 is 29.5 Å². The molecule has 0 saturated carbocycles. The van der Waals surface area contributed by atoms with Crippen molar-refractivity contribution in [2.24, 2.45) is 0 Å². The Morgan fingerprint density at radius 1 is 1.17 bits per heavy atom. The van der Waals surface area contributed by atoms with E-state index in [1.165, 1.54) is 16.7 Å². The van der Waals surface area contributed by atoms with Gasteiger partial charge in [0.15, 0.2) is 10.6 Å². The summed E-state index contributed by atoms with van der Waals surface area (Å²) < 4.78 is 44.4. The van der Waals surface area contributed by atoms with E-state index in [4.69, 9.17) is 17.0 Å². The molecule has 3 aromatic rings. The Kier molecular flexibility index (Phi) is 6.40. The van der Waals surface area contributed by atoms with Gasteiger partial charge >= 0.3 is 6.18 Å². The number of rotatable bonds is 7. The van der Waals surface area contributed by atoms with Crippen LogP contribution in [0.5, 0.6) is 5.75 Å². The number of ether oxygens (including phenoxy) is 1. The molecular weight excluding hydrogens is 419 g/mol. The van der Waals surface area contributed by atoms with Crippen LogP contribution in [0.1, 0.15) is 0 Å². The lowest BCUT2D eigenvalue weighted by Crippen LogP contribution is -2.23. The van der Waals surface area contributed by atoms with Crippen LogP contribution < -0.4 is 15.4 Å². The minimum absolute atomic E-state index is 0.161. The van der Waals surface area contributed by atoms with E-state index in [2.05, 4.69) is 20.8 Å². The largest absolute Gasteiger partial charge is 0.497 e. The molecule has 1 aromatic heterocycles. The first kappa shape index (κ1) is 21.4. The normalized spacial score (nSPS) is 11.2. The highest BCUT2D eigenvalue weighted by Gasteiger charge is 2.27. The predicted molar refractivity (Wildman–Crippen MR) is 109 cm³/mol. The standard InChI is InChI=1S/C19H18F3N5O2S/c1-29-13-8-6-12(7-9-13)17-25-26-18(30)27(17)10-16(28)24-15-5-3-2-4-14(15)23-11-19(20,21)22/h2-9,23H,10-11H2,1H3,(H,24,28)(H,26,30). The van der Waals surface area contributed by atoms with Crippen molar-refractivity contribution in [1.29, 1.82) is 0 Å². The maximum absolute atomic E-state index is 12.6. The van der Waals surface area contributed by atoms with Crippen molar-refractivity contribution in [2.75, 3.05) is 24.3 Å². The average Bonchev–Trinajstić information content (AvgIpc) is 3.07. The molecule has 158 valence electrons. The van der Waals surface area contributed by atoms with E-state index in [1.54, 1.807) is 43.5 Å². The maximum atomic E-state index is 12.6. The Hall–Kier alpha value is -3.34. The summed E-state index contributed by atoms with van der Waals surface area (Å²) >= 11 is 5.22. The van der Waals surface area contributed by atoms with Crippen LogP contribution in [0, 0.1) is 4.77 Å². The Labute approximate surface area is 174 Å². The van der Waals surface area contributed by atoms with Gasteiger partial charge in [0.05, 0.1) is 18.5 Å². The molecule has 0 saturated heterocycles. The number of carbonyl (C=O) groups excluding carboxylic acids is 1. The van der Waals surface area contributed by atoms with Crippen LogP contribution in [0.4, 0.5) is 24.5 Å². The summed E-state index contributed by atoms with van der Waals surface area (Å²) in [5, 5.41) is 11.7. The number of halogens is 3. The first-order chi connectivity index (χ1) is 14.3. The summed E-state index contributed by atoms with van der Waals surface area (Å²) in [6, 6.07) is 13.2. The summed E-state index contributed by atoms with van der Waals surface area (Å²) in [6.07, 6.45) is -4.38. The van der Waals surface area contributed by atoms with E-state index in [1.807, 2.05) is 0 Å². The number of aromatic nitrogens is 3. The zero-order valence-corrected chi connectivity index (χ0v) is 16.6. The minimum atomic E-state index is -4.38. The number of aromatic amines is 1. The van der Waals surface area contributed by atoms with Gasteiger partial charge in [-0.25, -0.2) is 0 Å². The molecule has 0 radical (unpaired) electrons. The van der Waals surface area contributed by atoms with Crippen molar-refractivity contribution in [3.63, 3.8) is 0 Å². The molecule has 1 amide bonds. The van der Waals surface area contributed by atoms with Gasteiger partial charge in [-0.1, -0.05) is 12.1 Å². The topological polar surface area (TPSA) is 84.0 Å². The van der Waals surface area contributed by atoms with Crippen LogP contribution in [0.2, 0.25) is 0 Å². The lowest BCUT2D eigenvalue weighted by atomic mass is 10.2. The van der Waals surface area contributed by atoms with Gasteiger partial charge in [0, 0.05) is 5.56 Å². The Morgan fingerprint density at radius 2 is 1.83 bits per heavy atom. The molecule has 0 bridgehead atoms. The summed E-state index contributed by atoms with van der Waals surface area (Å²) in [7, 11) is 1.55.